The fraction of sp³-hybridized carbons (Fsp3) is 0.161. The van der Waals surface area contributed by atoms with Crippen molar-refractivity contribution in [3.63, 3.8) is 0 Å². The molecule has 0 unspecified atom stereocenters. The molecular weight excluding hydrogens is 549 g/mol. The van der Waals surface area contributed by atoms with E-state index in [0.29, 0.717) is 16.8 Å². The van der Waals surface area contributed by atoms with Gasteiger partial charge in [0.05, 0.1) is 29.8 Å². The van der Waals surface area contributed by atoms with Crippen LogP contribution in [-0.2, 0) is 15.7 Å². The highest BCUT2D eigenvalue weighted by Crippen LogP contribution is 2.32. The lowest BCUT2D eigenvalue weighted by Crippen LogP contribution is -2.20. The number of methoxy groups -OCH3 is 1. The minimum Gasteiger partial charge on any atom is -0.482 e. The number of aryl methyl sites for hydroxylation is 1. The van der Waals surface area contributed by atoms with Crippen molar-refractivity contribution in [1.29, 1.82) is 0 Å². The number of para-hydroxylation sites is 1. The zero-order valence-electron chi connectivity index (χ0n) is 22.8. The number of benzene rings is 3. The lowest BCUT2D eigenvalue weighted by atomic mass is 10.1. The Hall–Kier alpha value is -5.19. The molecule has 8 nitrogen and oxygen atoms in total. The number of hydrogen-bond donors (Lipinski definition) is 0. The predicted octanol–water partition coefficient (Wildman–Crippen LogP) is 5.92. The maximum atomic E-state index is 13.5. The van der Waals surface area contributed by atoms with Crippen LogP contribution in [0, 0.1) is 13.8 Å². The van der Waals surface area contributed by atoms with Gasteiger partial charge in [-0.1, -0.05) is 24.3 Å². The Bertz CT molecular complexity index is 1870. The summed E-state index contributed by atoms with van der Waals surface area (Å²) < 4.78 is 53.4. The van der Waals surface area contributed by atoms with Crippen molar-refractivity contribution in [2.45, 2.75) is 20.0 Å². The molecule has 0 bridgehead atoms. The number of alkyl halides is 3. The van der Waals surface area contributed by atoms with Gasteiger partial charge in [0.15, 0.2) is 12.4 Å². The van der Waals surface area contributed by atoms with Gasteiger partial charge in [0, 0.05) is 28.2 Å². The van der Waals surface area contributed by atoms with E-state index < -0.39 is 23.3 Å². The van der Waals surface area contributed by atoms with Crippen LogP contribution in [0.25, 0.3) is 28.0 Å². The van der Waals surface area contributed by atoms with Gasteiger partial charge in [0.1, 0.15) is 5.75 Å². The third-order valence-electron chi connectivity index (χ3n) is 6.66. The van der Waals surface area contributed by atoms with Crippen LogP contribution in [0.4, 0.5) is 13.2 Å². The van der Waals surface area contributed by atoms with Crippen molar-refractivity contribution in [3.05, 3.63) is 112 Å². The third kappa shape index (κ3) is 5.67. The van der Waals surface area contributed by atoms with E-state index in [9.17, 15) is 22.8 Å². The highest BCUT2D eigenvalue weighted by atomic mass is 19.4. The maximum Gasteiger partial charge on any atom is 0.416 e. The van der Waals surface area contributed by atoms with Crippen LogP contribution in [0.2, 0.25) is 0 Å². The molecule has 42 heavy (non-hydrogen) atoms. The average molecular weight is 575 g/mol. The summed E-state index contributed by atoms with van der Waals surface area (Å²) in [5.41, 5.74) is 2.27. The Morgan fingerprint density at radius 3 is 2.45 bits per heavy atom. The number of esters is 1. The molecule has 5 aromatic rings. The van der Waals surface area contributed by atoms with E-state index in [-0.39, 0.29) is 23.4 Å². The van der Waals surface area contributed by atoms with Gasteiger partial charge in [-0.3, -0.25) is 4.79 Å². The van der Waals surface area contributed by atoms with Crippen LogP contribution in [-0.4, -0.2) is 40.1 Å². The van der Waals surface area contributed by atoms with E-state index in [4.69, 9.17) is 4.74 Å². The van der Waals surface area contributed by atoms with Gasteiger partial charge < -0.3 is 14.0 Å². The SMILES string of the molecule is COC(=O)COc1ccc(-n2c(C)cc(C=Nn3c(-c4cccc(C(F)(F)F)c4)nc4ccccc4c3=O)c2C)cc1. The number of nitrogens with zero attached hydrogens (tertiary/aromatic N) is 4. The number of aromatic nitrogens is 3. The fourth-order valence-electron chi connectivity index (χ4n) is 4.58. The number of halogens is 3. The van der Waals surface area contributed by atoms with E-state index in [1.807, 2.05) is 36.6 Å². The molecule has 0 saturated carbocycles. The molecule has 3 aromatic carbocycles. The zero-order valence-corrected chi connectivity index (χ0v) is 22.8. The van der Waals surface area contributed by atoms with Crippen LogP contribution in [0.5, 0.6) is 5.75 Å². The number of carbonyl (C=O) groups excluding carboxylic acids is 1. The quantitative estimate of drug-likeness (QED) is 0.178. The lowest BCUT2D eigenvalue weighted by molar-refractivity contribution is -0.143. The molecule has 0 aliphatic carbocycles. The first-order valence-electron chi connectivity index (χ1n) is 12.8. The molecule has 0 aliphatic rings. The summed E-state index contributed by atoms with van der Waals surface area (Å²) >= 11 is 0. The van der Waals surface area contributed by atoms with Crippen molar-refractivity contribution in [2.24, 2.45) is 5.10 Å². The number of rotatable bonds is 7. The van der Waals surface area contributed by atoms with Gasteiger partial charge in [-0.2, -0.15) is 22.9 Å². The van der Waals surface area contributed by atoms with E-state index in [1.54, 1.807) is 36.4 Å². The molecule has 214 valence electrons. The van der Waals surface area contributed by atoms with Gasteiger partial charge in [0.25, 0.3) is 5.56 Å². The Balaban J connectivity index is 1.54. The second-order valence-corrected chi connectivity index (χ2v) is 9.41. The second kappa shape index (κ2) is 11.4. The monoisotopic (exact) mass is 574 g/mol. The summed E-state index contributed by atoms with van der Waals surface area (Å²) in [6.07, 6.45) is -3.08. The summed E-state index contributed by atoms with van der Waals surface area (Å²) in [7, 11) is 1.28. The highest BCUT2D eigenvalue weighted by Gasteiger charge is 2.31. The largest absolute Gasteiger partial charge is 0.482 e. The van der Waals surface area contributed by atoms with Crippen LogP contribution in [0.15, 0.2) is 88.8 Å². The summed E-state index contributed by atoms with van der Waals surface area (Å²) in [4.78, 5) is 29.3. The highest BCUT2D eigenvalue weighted by molar-refractivity contribution is 5.83. The second-order valence-electron chi connectivity index (χ2n) is 9.41. The molecule has 0 saturated heterocycles. The standard InChI is InChI=1S/C31H25F3N4O4/c1-19-15-22(20(2)37(19)24-11-13-25(14-12-24)42-18-28(39)41-3)17-35-38-29(21-7-6-8-23(16-21)31(32,33)34)36-27-10-5-4-9-26(27)30(38)40/h4-17H,18H2,1-3H3. The van der Waals surface area contributed by atoms with Gasteiger partial charge >= 0.3 is 12.1 Å². The van der Waals surface area contributed by atoms with Crippen LogP contribution >= 0.6 is 0 Å². The normalized spacial score (nSPS) is 11.8. The average Bonchev–Trinajstić information content (AvgIpc) is 3.27. The van der Waals surface area contributed by atoms with E-state index in [0.717, 1.165) is 33.9 Å². The van der Waals surface area contributed by atoms with Gasteiger partial charge in [-0.05, 0) is 68.4 Å². The minimum absolute atomic E-state index is 0.0163. The zero-order chi connectivity index (χ0) is 30.0. The maximum absolute atomic E-state index is 13.5. The van der Waals surface area contributed by atoms with Crippen molar-refractivity contribution in [2.75, 3.05) is 13.7 Å². The third-order valence-corrected chi connectivity index (χ3v) is 6.66. The summed E-state index contributed by atoms with van der Waals surface area (Å²) in [5, 5.41) is 4.71. The van der Waals surface area contributed by atoms with Crippen molar-refractivity contribution in [3.8, 4) is 22.8 Å². The number of ether oxygens (including phenoxy) is 2. The van der Waals surface area contributed by atoms with Gasteiger partial charge in [-0.25, -0.2) is 9.78 Å². The topological polar surface area (TPSA) is 87.7 Å². The van der Waals surface area contributed by atoms with Gasteiger partial charge in [0.2, 0.25) is 0 Å². The predicted molar refractivity (Wildman–Crippen MR) is 152 cm³/mol. The molecule has 0 fully saturated rings. The molecule has 2 aromatic heterocycles. The molecule has 0 amide bonds. The summed E-state index contributed by atoms with van der Waals surface area (Å²) in [6.45, 7) is 3.58. The van der Waals surface area contributed by atoms with E-state index >= 15 is 0 Å². The molecule has 0 aliphatic heterocycles. The van der Waals surface area contributed by atoms with Crippen LogP contribution in [0.1, 0.15) is 22.5 Å². The van der Waals surface area contributed by atoms with E-state index in [1.165, 1.54) is 25.5 Å². The number of carbonyl (C=O) groups is 1. The summed E-state index contributed by atoms with van der Waals surface area (Å²) in [5.74, 6) is -0.00635. The Labute approximate surface area is 238 Å². The molecule has 0 atom stereocenters. The smallest absolute Gasteiger partial charge is 0.416 e. The Morgan fingerprint density at radius 2 is 1.74 bits per heavy atom. The molecule has 0 radical (unpaired) electrons. The minimum atomic E-state index is -4.57. The first kappa shape index (κ1) is 28.3. The molecule has 2 heterocycles. The number of hydrogen-bond acceptors (Lipinski definition) is 6. The van der Waals surface area contributed by atoms with Crippen molar-refractivity contribution < 1.29 is 27.4 Å². The lowest BCUT2D eigenvalue weighted by Gasteiger charge is -2.12. The Morgan fingerprint density at radius 1 is 1.00 bits per heavy atom. The fourth-order valence-corrected chi connectivity index (χ4v) is 4.58. The van der Waals surface area contributed by atoms with Crippen LogP contribution < -0.4 is 10.3 Å². The van der Waals surface area contributed by atoms with Crippen molar-refractivity contribution >= 4 is 23.1 Å². The molecule has 5 rings (SSSR count). The van der Waals surface area contributed by atoms with E-state index in [2.05, 4.69) is 14.8 Å². The van der Waals surface area contributed by atoms with Gasteiger partial charge in [-0.15, -0.1) is 0 Å². The molecule has 0 N–H and O–H groups in total. The number of fused-ring (bicyclic) bond motifs is 1. The van der Waals surface area contributed by atoms with Crippen molar-refractivity contribution in [1.82, 2.24) is 14.2 Å². The first-order valence-corrected chi connectivity index (χ1v) is 12.8. The Kier molecular flexibility index (Phi) is 7.66. The molecule has 11 heteroatoms. The first-order chi connectivity index (χ1) is 20.1. The van der Waals surface area contributed by atoms with Crippen LogP contribution in [0.3, 0.4) is 0 Å². The molecule has 0 spiro atoms. The molecular formula is C31H25F3N4O4. The summed E-state index contributed by atoms with van der Waals surface area (Å²) in [6, 6.07) is 20.2.